The molecule has 3 N–H and O–H groups in total. The van der Waals surface area contributed by atoms with Crippen molar-refractivity contribution < 1.29 is 19.5 Å². The number of rotatable bonds is 6. The van der Waals surface area contributed by atoms with Gasteiger partial charge in [0.2, 0.25) is 5.91 Å². The van der Waals surface area contributed by atoms with E-state index in [9.17, 15) is 19.5 Å². The van der Waals surface area contributed by atoms with Crippen LogP contribution in [0.25, 0.3) is 0 Å². The Balaban J connectivity index is 2.17. The first kappa shape index (κ1) is 17.2. The van der Waals surface area contributed by atoms with Crippen LogP contribution in [0.2, 0.25) is 0 Å². The molecular formula is C18H18N2O4. The van der Waals surface area contributed by atoms with Gasteiger partial charge >= 0.3 is 5.97 Å². The topological polar surface area (TPSA) is 95.5 Å². The highest BCUT2D eigenvalue weighted by Crippen LogP contribution is 2.15. The zero-order valence-electron chi connectivity index (χ0n) is 13.2. The van der Waals surface area contributed by atoms with Gasteiger partial charge in [0.25, 0.3) is 5.91 Å². The van der Waals surface area contributed by atoms with Gasteiger partial charge < -0.3 is 15.7 Å². The summed E-state index contributed by atoms with van der Waals surface area (Å²) in [6.45, 7) is 1.34. The first-order chi connectivity index (χ1) is 11.5. The summed E-state index contributed by atoms with van der Waals surface area (Å²) >= 11 is 0. The van der Waals surface area contributed by atoms with Crippen molar-refractivity contribution in [1.29, 1.82) is 0 Å². The summed E-state index contributed by atoms with van der Waals surface area (Å²) in [6, 6.07) is 14.4. The number of carboxylic acid groups (broad SMARTS) is 1. The van der Waals surface area contributed by atoms with Gasteiger partial charge in [0.1, 0.15) is 6.04 Å². The number of carboxylic acids is 1. The fraction of sp³-hybridized carbons (Fsp3) is 0.167. The lowest BCUT2D eigenvalue weighted by Crippen LogP contribution is -2.42. The van der Waals surface area contributed by atoms with Crippen LogP contribution in [0.5, 0.6) is 0 Å². The van der Waals surface area contributed by atoms with Crippen molar-refractivity contribution in [3.8, 4) is 0 Å². The molecule has 0 aromatic heterocycles. The third-order valence-corrected chi connectivity index (χ3v) is 3.37. The van der Waals surface area contributed by atoms with Gasteiger partial charge in [-0.05, 0) is 17.7 Å². The number of nitrogens with one attached hydrogen (secondary N) is 2. The molecule has 0 spiro atoms. The number of hydrogen-bond acceptors (Lipinski definition) is 3. The molecule has 24 heavy (non-hydrogen) atoms. The molecule has 0 saturated heterocycles. The second kappa shape index (κ2) is 7.92. The van der Waals surface area contributed by atoms with Gasteiger partial charge in [-0.25, -0.2) is 4.79 Å². The number of aliphatic carboxylic acids is 1. The second-order valence-corrected chi connectivity index (χ2v) is 5.28. The maximum atomic E-state index is 12.4. The molecule has 2 amide bonds. The van der Waals surface area contributed by atoms with Crippen LogP contribution in [-0.4, -0.2) is 28.9 Å². The number of benzene rings is 2. The van der Waals surface area contributed by atoms with E-state index in [1.807, 2.05) is 18.2 Å². The van der Waals surface area contributed by atoms with Crippen LogP contribution in [-0.2, 0) is 16.0 Å². The number of amides is 2. The van der Waals surface area contributed by atoms with Crippen LogP contribution in [0.4, 0.5) is 5.69 Å². The van der Waals surface area contributed by atoms with E-state index in [-0.39, 0.29) is 17.9 Å². The average molecular weight is 326 g/mol. The molecule has 0 aliphatic carbocycles. The number of carbonyl (C=O) groups is 3. The highest BCUT2D eigenvalue weighted by molar-refractivity contribution is 6.04. The van der Waals surface area contributed by atoms with Crippen LogP contribution < -0.4 is 10.6 Å². The van der Waals surface area contributed by atoms with Crippen molar-refractivity contribution in [2.75, 3.05) is 5.32 Å². The maximum absolute atomic E-state index is 12.4. The van der Waals surface area contributed by atoms with Crippen molar-refractivity contribution in [2.45, 2.75) is 19.4 Å². The molecule has 2 rings (SSSR count). The van der Waals surface area contributed by atoms with Gasteiger partial charge in [-0.3, -0.25) is 9.59 Å². The first-order valence-electron chi connectivity index (χ1n) is 7.41. The first-order valence-corrected chi connectivity index (χ1v) is 7.41. The molecule has 0 heterocycles. The molecule has 2 aromatic carbocycles. The molecule has 0 aliphatic rings. The number of para-hydroxylation sites is 1. The summed E-state index contributed by atoms with van der Waals surface area (Å²) in [5.74, 6) is -1.98. The minimum atomic E-state index is -1.12. The van der Waals surface area contributed by atoms with E-state index >= 15 is 0 Å². The molecule has 0 fully saturated rings. The van der Waals surface area contributed by atoms with Crippen LogP contribution in [0.3, 0.4) is 0 Å². The third kappa shape index (κ3) is 4.67. The van der Waals surface area contributed by atoms with Crippen LogP contribution in [0.15, 0.2) is 54.6 Å². The van der Waals surface area contributed by atoms with Crippen LogP contribution >= 0.6 is 0 Å². The summed E-state index contributed by atoms with van der Waals surface area (Å²) in [6.07, 6.45) is 0.171. The van der Waals surface area contributed by atoms with Gasteiger partial charge in [0, 0.05) is 13.3 Å². The zero-order chi connectivity index (χ0) is 17.5. The highest BCUT2D eigenvalue weighted by atomic mass is 16.4. The lowest BCUT2D eigenvalue weighted by molar-refractivity contribution is -0.139. The van der Waals surface area contributed by atoms with E-state index in [1.165, 1.54) is 13.0 Å². The Kier molecular flexibility index (Phi) is 5.68. The Labute approximate surface area is 139 Å². The lowest BCUT2D eigenvalue weighted by atomic mass is 10.1. The van der Waals surface area contributed by atoms with Gasteiger partial charge in [0.15, 0.2) is 0 Å². The summed E-state index contributed by atoms with van der Waals surface area (Å²) < 4.78 is 0. The van der Waals surface area contributed by atoms with Crippen LogP contribution in [0, 0.1) is 0 Å². The molecule has 0 aliphatic heterocycles. The third-order valence-electron chi connectivity index (χ3n) is 3.37. The van der Waals surface area contributed by atoms with E-state index in [0.717, 1.165) is 5.56 Å². The molecule has 6 heteroatoms. The van der Waals surface area contributed by atoms with Crippen molar-refractivity contribution in [3.63, 3.8) is 0 Å². The molecule has 1 atom stereocenters. The largest absolute Gasteiger partial charge is 0.480 e. The highest BCUT2D eigenvalue weighted by Gasteiger charge is 2.22. The quantitative estimate of drug-likeness (QED) is 0.757. The fourth-order valence-electron chi connectivity index (χ4n) is 2.27. The summed E-state index contributed by atoms with van der Waals surface area (Å²) in [4.78, 5) is 35.1. The van der Waals surface area contributed by atoms with Gasteiger partial charge in [-0.1, -0.05) is 42.5 Å². The monoisotopic (exact) mass is 326 g/mol. The normalized spacial score (nSPS) is 11.4. The SMILES string of the molecule is CC(=O)Nc1ccccc1C(=O)N[C@@H](Cc1ccccc1)C(=O)O. The molecule has 0 saturated carbocycles. The Hall–Kier alpha value is -3.15. The molecule has 0 radical (unpaired) electrons. The minimum Gasteiger partial charge on any atom is -0.480 e. The van der Waals surface area contributed by atoms with Gasteiger partial charge in [-0.15, -0.1) is 0 Å². The van der Waals surface area contributed by atoms with Crippen molar-refractivity contribution >= 4 is 23.5 Å². The van der Waals surface area contributed by atoms with E-state index < -0.39 is 17.9 Å². The fourth-order valence-corrected chi connectivity index (χ4v) is 2.27. The summed E-state index contributed by atoms with van der Waals surface area (Å²) in [7, 11) is 0. The Morgan fingerprint density at radius 3 is 2.25 bits per heavy atom. The standard InChI is InChI=1S/C18H18N2O4/c1-12(21)19-15-10-6-5-9-14(15)17(22)20-16(18(23)24)11-13-7-3-2-4-8-13/h2-10,16H,11H2,1H3,(H,19,21)(H,20,22)(H,23,24)/t16-/m0/s1. The molecular weight excluding hydrogens is 308 g/mol. The Bertz CT molecular complexity index is 744. The van der Waals surface area contributed by atoms with Crippen molar-refractivity contribution in [2.24, 2.45) is 0 Å². The zero-order valence-corrected chi connectivity index (χ0v) is 13.2. The van der Waals surface area contributed by atoms with Crippen LogP contribution in [0.1, 0.15) is 22.8 Å². The molecule has 0 unspecified atom stereocenters. The van der Waals surface area contributed by atoms with Crippen molar-refractivity contribution in [3.05, 3.63) is 65.7 Å². The predicted molar refractivity (Wildman–Crippen MR) is 89.8 cm³/mol. The minimum absolute atomic E-state index is 0.171. The second-order valence-electron chi connectivity index (χ2n) is 5.28. The Morgan fingerprint density at radius 2 is 1.62 bits per heavy atom. The van der Waals surface area contributed by atoms with E-state index in [2.05, 4.69) is 10.6 Å². The molecule has 124 valence electrons. The van der Waals surface area contributed by atoms with Gasteiger partial charge in [-0.2, -0.15) is 0 Å². The molecule has 6 nitrogen and oxygen atoms in total. The molecule has 0 bridgehead atoms. The number of carbonyl (C=O) groups excluding carboxylic acids is 2. The number of hydrogen-bond donors (Lipinski definition) is 3. The Morgan fingerprint density at radius 1 is 1.00 bits per heavy atom. The predicted octanol–water partition coefficient (Wildman–Crippen LogP) is 2.07. The van der Waals surface area contributed by atoms with E-state index in [4.69, 9.17) is 0 Å². The van der Waals surface area contributed by atoms with E-state index in [0.29, 0.717) is 5.69 Å². The smallest absolute Gasteiger partial charge is 0.326 e. The van der Waals surface area contributed by atoms with Gasteiger partial charge in [0.05, 0.1) is 11.3 Å². The summed E-state index contributed by atoms with van der Waals surface area (Å²) in [5.41, 5.74) is 1.36. The lowest BCUT2D eigenvalue weighted by Gasteiger charge is -2.16. The summed E-state index contributed by atoms with van der Waals surface area (Å²) in [5, 5.41) is 14.4. The van der Waals surface area contributed by atoms with Crippen molar-refractivity contribution in [1.82, 2.24) is 5.32 Å². The average Bonchev–Trinajstić information content (AvgIpc) is 2.55. The number of anilines is 1. The maximum Gasteiger partial charge on any atom is 0.326 e. The van der Waals surface area contributed by atoms with E-state index in [1.54, 1.807) is 30.3 Å². The molecule has 2 aromatic rings.